The van der Waals surface area contributed by atoms with Gasteiger partial charge in [0.05, 0.1) is 12.2 Å². The van der Waals surface area contributed by atoms with E-state index in [-0.39, 0.29) is 23.4 Å². The van der Waals surface area contributed by atoms with Gasteiger partial charge in [0.2, 0.25) is 0 Å². The van der Waals surface area contributed by atoms with Gasteiger partial charge in [-0.15, -0.1) is 0 Å². The first-order valence-electron chi connectivity index (χ1n) is 9.74. The maximum Gasteiger partial charge on any atom is 0.338 e. The summed E-state index contributed by atoms with van der Waals surface area (Å²) in [5, 5.41) is 3.78. The number of H-pyrrole nitrogens is 1. The van der Waals surface area contributed by atoms with Crippen molar-refractivity contribution in [2.45, 2.75) is 26.8 Å². The van der Waals surface area contributed by atoms with Gasteiger partial charge < -0.3 is 20.5 Å². The van der Waals surface area contributed by atoms with Crippen LogP contribution in [0.5, 0.6) is 11.5 Å². The Balaban J connectivity index is 1.69. The number of carbonyl (C=O) groups is 1. The molecule has 0 saturated heterocycles. The van der Waals surface area contributed by atoms with Crippen molar-refractivity contribution in [3.8, 4) is 11.5 Å². The van der Waals surface area contributed by atoms with Crippen LogP contribution in [0, 0.1) is 0 Å². The summed E-state index contributed by atoms with van der Waals surface area (Å²) < 4.78 is 13.5. The Hall–Kier alpha value is -3.59. The summed E-state index contributed by atoms with van der Waals surface area (Å²) in [4.78, 5) is 28.1. The molecular formula is C22H24N4O4S. The highest BCUT2D eigenvalue weighted by atomic mass is 32.1. The standard InChI is InChI=1S/C22H24N4O4S/c1-4-29-22(28)14-5-9-16(10-6-14)30-17-11-7-15(8-12-17)25-21-18(20(27)26-31-21)19(23)24-13(2)3/h5-13,25H,4H2,1-3H3,(H2,23,24)(H,26,27). The highest BCUT2D eigenvalue weighted by Gasteiger charge is 2.15. The fourth-order valence-corrected chi connectivity index (χ4v) is 3.48. The molecule has 0 radical (unpaired) electrons. The molecule has 2 aromatic carbocycles. The van der Waals surface area contributed by atoms with E-state index >= 15 is 0 Å². The number of aromatic amines is 1. The predicted molar refractivity (Wildman–Crippen MR) is 123 cm³/mol. The first-order valence-corrected chi connectivity index (χ1v) is 10.6. The zero-order chi connectivity index (χ0) is 22.4. The zero-order valence-electron chi connectivity index (χ0n) is 17.5. The molecule has 31 heavy (non-hydrogen) atoms. The first-order chi connectivity index (χ1) is 14.9. The summed E-state index contributed by atoms with van der Waals surface area (Å²) in [5.41, 5.74) is 7.29. The lowest BCUT2D eigenvalue weighted by Gasteiger charge is -2.09. The van der Waals surface area contributed by atoms with Gasteiger partial charge in [0.25, 0.3) is 5.56 Å². The number of amidine groups is 1. The minimum Gasteiger partial charge on any atom is -0.462 e. The van der Waals surface area contributed by atoms with E-state index in [0.29, 0.717) is 34.2 Å². The molecule has 0 aliphatic heterocycles. The molecule has 0 aliphatic carbocycles. The fraction of sp³-hybridized carbons (Fsp3) is 0.227. The van der Waals surface area contributed by atoms with E-state index in [1.54, 1.807) is 43.3 Å². The molecule has 0 atom stereocenters. The van der Waals surface area contributed by atoms with Crippen LogP contribution in [-0.2, 0) is 4.74 Å². The molecule has 1 heterocycles. The second kappa shape index (κ2) is 9.94. The smallest absolute Gasteiger partial charge is 0.338 e. The third-order valence-electron chi connectivity index (χ3n) is 4.07. The van der Waals surface area contributed by atoms with Gasteiger partial charge in [0, 0.05) is 11.7 Å². The Morgan fingerprint density at radius 2 is 1.74 bits per heavy atom. The fourth-order valence-electron chi connectivity index (χ4n) is 2.71. The Morgan fingerprint density at radius 1 is 1.13 bits per heavy atom. The number of benzene rings is 2. The second-order valence-corrected chi connectivity index (χ2v) is 7.66. The van der Waals surface area contributed by atoms with E-state index < -0.39 is 0 Å². The normalized spacial score (nSPS) is 11.4. The first kappa shape index (κ1) is 22.1. The molecule has 4 N–H and O–H groups in total. The number of rotatable bonds is 8. The van der Waals surface area contributed by atoms with Crippen molar-refractivity contribution in [3.63, 3.8) is 0 Å². The van der Waals surface area contributed by atoms with E-state index in [0.717, 1.165) is 17.2 Å². The van der Waals surface area contributed by atoms with Gasteiger partial charge in [-0.3, -0.25) is 14.2 Å². The third-order valence-corrected chi connectivity index (χ3v) is 4.86. The third kappa shape index (κ3) is 5.73. The largest absolute Gasteiger partial charge is 0.462 e. The zero-order valence-corrected chi connectivity index (χ0v) is 18.3. The Morgan fingerprint density at radius 3 is 2.32 bits per heavy atom. The molecule has 9 heteroatoms. The van der Waals surface area contributed by atoms with Crippen LogP contribution in [0.25, 0.3) is 0 Å². The topological polar surface area (TPSA) is 119 Å². The van der Waals surface area contributed by atoms with Gasteiger partial charge in [0.15, 0.2) is 0 Å². The van der Waals surface area contributed by atoms with E-state index in [1.807, 2.05) is 26.0 Å². The Labute approximate surface area is 183 Å². The van der Waals surface area contributed by atoms with Crippen LogP contribution in [-0.4, -0.2) is 28.8 Å². The van der Waals surface area contributed by atoms with E-state index in [4.69, 9.17) is 15.2 Å². The molecule has 3 rings (SSSR count). The van der Waals surface area contributed by atoms with Crippen LogP contribution in [0.15, 0.2) is 58.3 Å². The van der Waals surface area contributed by atoms with Crippen molar-refractivity contribution in [2.24, 2.45) is 10.7 Å². The summed E-state index contributed by atoms with van der Waals surface area (Å²) >= 11 is 1.16. The number of anilines is 2. The minimum absolute atomic E-state index is 0.0186. The van der Waals surface area contributed by atoms with Crippen LogP contribution in [0.4, 0.5) is 10.7 Å². The van der Waals surface area contributed by atoms with Gasteiger partial charge >= 0.3 is 5.97 Å². The average Bonchev–Trinajstić information content (AvgIpc) is 3.10. The molecule has 0 aliphatic rings. The number of nitrogens with zero attached hydrogens (tertiary/aromatic N) is 1. The van der Waals surface area contributed by atoms with Crippen LogP contribution >= 0.6 is 11.5 Å². The molecule has 0 unspecified atom stereocenters. The SMILES string of the molecule is CCOC(=O)c1ccc(Oc2ccc(Nc3s[nH]c(=O)c3C(N)=NC(C)C)cc2)cc1. The van der Waals surface area contributed by atoms with Crippen molar-refractivity contribution >= 4 is 34.0 Å². The number of aliphatic imine (C=N–C) groups is 1. The predicted octanol–water partition coefficient (Wildman–Crippen LogP) is 4.26. The molecule has 0 bridgehead atoms. The maximum atomic E-state index is 12.1. The lowest BCUT2D eigenvalue weighted by atomic mass is 10.2. The summed E-state index contributed by atoms with van der Waals surface area (Å²) in [7, 11) is 0. The number of carbonyl (C=O) groups excluding carboxylic acids is 1. The lowest BCUT2D eigenvalue weighted by Crippen LogP contribution is -2.23. The summed E-state index contributed by atoms with van der Waals surface area (Å²) in [6.07, 6.45) is 0. The highest BCUT2D eigenvalue weighted by molar-refractivity contribution is 7.10. The Kier molecular flexibility index (Phi) is 7.09. The summed E-state index contributed by atoms with van der Waals surface area (Å²) in [6.45, 7) is 5.88. The van der Waals surface area contributed by atoms with Gasteiger partial charge in [-0.05, 0) is 80.8 Å². The van der Waals surface area contributed by atoms with E-state index in [2.05, 4.69) is 14.7 Å². The molecule has 1 aromatic heterocycles. The molecule has 8 nitrogen and oxygen atoms in total. The van der Waals surface area contributed by atoms with Crippen molar-refractivity contribution in [2.75, 3.05) is 11.9 Å². The van der Waals surface area contributed by atoms with Crippen molar-refractivity contribution in [1.82, 2.24) is 4.37 Å². The number of ether oxygens (including phenoxy) is 2. The molecule has 0 amide bonds. The molecule has 162 valence electrons. The number of nitrogens with one attached hydrogen (secondary N) is 2. The number of esters is 1. The average molecular weight is 441 g/mol. The number of hydrogen-bond donors (Lipinski definition) is 3. The number of nitrogens with two attached hydrogens (primary N) is 1. The summed E-state index contributed by atoms with van der Waals surface area (Å²) in [5.74, 6) is 1.05. The monoisotopic (exact) mass is 440 g/mol. The number of hydrogen-bond acceptors (Lipinski definition) is 7. The van der Waals surface area contributed by atoms with E-state index in [9.17, 15) is 9.59 Å². The van der Waals surface area contributed by atoms with E-state index in [1.165, 1.54) is 0 Å². The van der Waals surface area contributed by atoms with Crippen LogP contribution in [0.2, 0.25) is 0 Å². The van der Waals surface area contributed by atoms with Crippen LogP contribution in [0.3, 0.4) is 0 Å². The van der Waals surface area contributed by atoms with Crippen LogP contribution < -0.4 is 21.3 Å². The Bertz CT molecular complexity index is 1120. The van der Waals surface area contributed by atoms with Gasteiger partial charge in [-0.1, -0.05) is 0 Å². The highest BCUT2D eigenvalue weighted by Crippen LogP contribution is 2.27. The molecule has 3 aromatic rings. The quantitative estimate of drug-likeness (QED) is 0.274. The van der Waals surface area contributed by atoms with Crippen molar-refractivity contribution < 1.29 is 14.3 Å². The van der Waals surface area contributed by atoms with Crippen molar-refractivity contribution in [3.05, 3.63) is 70.0 Å². The molecule has 0 spiro atoms. The van der Waals surface area contributed by atoms with Gasteiger partial charge in [0.1, 0.15) is 27.9 Å². The molecule has 0 fully saturated rings. The maximum absolute atomic E-state index is 12.1. The number of aromatic nitrogens is 1. The van der Waals surface area contributed by atoms with Crippen LogP contribution in [0.1, 0.15) is 36.7 Å². The second-order valence-electron chi connectivity index (χ2n) is 6.84. The molecular weight excluding hydrogens is 416 g/mol. The minimum atomic E-state index is -0.366. The van der Waals surface area contributed by atoms with Gasteiger partial charge in [-0.2, -0.15) is 0 Å². The van der Waals surface area contributed by atoms with Gasteiger partial charge in [-0.25, -0.2) is 4.79 Å². The summed E-state index contributed by atoms with van der Waals surface area (Å²) in [6, 6.07) is 13.9. The molecule has 0 saturated carbocycles. The van der Waals surface area contributed by atoms with Crippen molar-refractivity contribution in [1.29, 1.82) is 0 Å². The lowest BCUT2D eigenvalue weighted by molar-refractivity contribution is 0.0526.